The molecule has 0 radical (unpaired) electrons. The van der Waals surface area contributed by atoms with Gasteiger partial charge in [0.2, 0.25) is 0 Å². The second-order valence-electron chi connectivity index (χ2n) is 8.83. The first kappa shape index (κ1) is 28.4. The Hall–Kier alpha value is -4.64. The highest BCUT2D eigenvalue weighted by molar-refractivity contribution is 7.90. The van der Waals surface area contributed by atoms with E-state index in [4.69, 9.17) is 9.47 Å². The molecule has 15 nitrogen and oxygen atoms in total. The molecule has 4 N–H and O–H groups in total. The number of carbonyl (C=O) groups is 3. The van der Waals surface area contributed by atoms with Crippen LogP contribution in [0.2, 0.25) is 0 Å². The molecule has 1 aliphatic rings. The summed E-state index contributed by atoms with van der Waals surface area (Å²) in [4.78, 5) is 38.9. The summed E-state index contributed by atoms with van der Waals surface area (Å²) in [5.74, 6) is -4.02. The summed E-state index contributed by atoms with van der Waals surface area (Å²) in [5.41, 5.74) is 0.202. The van der Waals surface area contributed by atoms with Crippen LogP contribution < -0.4 is 24.2 Å². The predicted octanol–water partition coefficient (Wildman–Crippen LogP) is 0.567. The zero-order valence-corrected chi connectivity index (χ0v) is 22.3. The summed E-state index contributed by atoms with van der Waals surface area (Å²) in [6.45, 7) is -0.106. The quantitative estimate of drug-likeness (QED) is 0.206. The third kappa shape index (κ3) is 6.32. The predicted molar refractivity (Wildman–Crippen MR) is 136 cm³/mol. The fourth-order valence-corrected chi connectivity index (χ4v) is 4.55. The first-order valence-corrected chi connectivity index (χ1v) is 13.2. The molecule has 0 saturated heterocycles. The number of fused-ring (bicyclic) bond motifs is 1. The van der Waals surface area contributed by atoms with Crippen molar-refractivity contribution in [1.82, 2.24) is 35.6 Å². The molecule has 1 aliphatic heterocycles. The van der Waals surface area contributed by atoms with Crippen LogP contribution in [-0.2, 0) is 21.4 Å². The lowest BCUT2D eigenvalue weighted by Gasteiger charge is -2.32. The van der Waals surface area contributed by atoms with E-state index < -0.39 is 45.8 Å². The molecule has 0 bridgehead atoms. The number of halogens is 1. The third-order valence-electron chi connectivity index (χ3n) is 6.02. The van der Waals surface area contributed by atoms with Crippen LogP contribution in [0, 0.1) is 11.7 Å². The Kier molecular flexibility index (Phi) is 8.24. The molecule has 2 aromatic carbocycles. The van der Waals surface area contributed by atoms with Crippen LogP contribution in [0.1, 0.15) is 27.7 Å². The van der Waals surface area contributed by atoms with Gasteiger partial charge in [0.25, 0.3) is 21.9 Å². The number of esters is 1. The minimum Gasteiger partial charge on any atom is -0.426 e. The number of nitrogens with one attached hydrogen (secondary N) is 4. The van der Waals surface area contributed by atoms with Gasteiger partial charge in [-0.15, -0.1) is 10.2 Å². The molecule has 212 valence electrons. The average molecular weight is 577 g/mol. The molecule has 2 heterocycles. The summed E-state index contributed by atoms with van der Waals surface area (Å²) in [6, 6.07) is 8.53. The summed E-state index contributed by atoms with van der Waals surface area (Å²) in [7, 11) is 0.176. The molecule has 2 unspecified atom stereocenters. The van der Waals surface area contributed by atoms with Crippen LogP contribution in [0.25, 0.3) is 0 Å². The maximum absolute atomic E-state index is 15.3. The monoisotopic (exact) mass is 576 g/mol. The zero-order chi connectivity index (χ0) is 29.0. The highest BCUT2D eigenvalue weighted by atomic mass is 32.2. The van der Waals surface area contributed by atoms with E-state index in [1.807, 2.05) is 4.72 Å². The Morgan fingerprint density at radius 3 is 2.65 bits per heavy atom. The van der Waals surface area contributed by atoms with Gasteiger partial charge >= 0.3 is 12.1 Å². The number of H-pyrrole nitrogens is 1. The number of benzene rings is 2. The normalized spacial score (nSPS) is 16.4. The van der Waals surface area contributed by atoms with E-state index in [-0.39, 0.29) is 41.5 Å². The SMILES string of the molecule is CNS(=O)(=O)Nc1cccc(CC2C(=O)Oc3cc(OC(=O)N(C)C)ccc3C2CNC(=O)c2nn[nH]n2)c1F. The van der Waals surface area contributed by atoms with Gasteiger partial charge in [-0.25, -0.2) is 13.9 Å². The van der Waals surface area contributed by atoms with Crippen molar-refractivity contribution in [3.05, 3.63) is 59.2 Å². The fourth-order valence-electron chi connectivity index (χ4n) is 4.00. The summed E-state index contributed by atoms with van der Waals surface area (Å²) < 4.78 is 54.0. The second kappa shape index (κ2) is 11.6. The summed E-state index contributed by atoms with van der Waals surface area (Å²) in [6.07, 6.45) is -0.840. The first-order chi connectivity index (χ1) is 19.0. The van der Waals surface area contributed by atoms with Gasteiger partial charge in [-0.05, 0) is 29.3 Å². The van der Waals surface area contributed by atoms with Gasteiger partial charge in [0.1, 0.15) is 11.5 Å². The molecule has 0 saturated carbocycles. The molecule has 40 heavy (non-hydrogen) atoms. The van der Waals surface area contributed by atoms with E-state index in [2.05, 4.69) is 30.7 Å². The maximum Gasteiger partial charge on any atom is 0.414 e. The number of aromatic amines is 1. The number of carbonyl (C=O) groups excluding carboxylic acids is 3. The van der Waals surface area contributed by atoms with Crippen LogP contribution in [0.15, 0.2) is 36.4 Å². The lowest BCUT2D eigenvalue weighted by atomic mass is 9.79. The van der Waals surface area contributed by atoms with E-state index >= 15 is 4.39 Å². The Labute approximate surface area is 227 Å². The van der Waals surface area contributed by atoms with Crippen molar-refractivity contribution in [2.75, 3.05) is 32.4 Å². The van der Waals surface area contributed by atoms with E-state index in [1.165, 1.54) is 56.4 Å². The van der Waals surface area contributed by atoms with Gasteiger partial charge in [0.05, 0.1) is 11.6 Å². The Bertz CT molecular complexity index is 1530. The van der Waals surface area contributed by atoms with E-state index in [9.17, 15) is 22.8 Å². The van der Waals surface area contributed by atoms with Gasteiger partial charge in [0, 0.05) is 45.2 Å². The second-order valence-corrected chi connectivity index (χ2v) is 10.5. The molecular formula is C23H25FN8O7S. The number of hydrogen-bond donors (Lipinski definition) is 4. The van der Waals surface area contributed by atoms with E-state index in [0.717, 1.165) is 0 Å². The maximum atomic E-state index is 15.3. The van der Waals surface area contributed by atoms with Crippen LogP contribution >= 0.6 is 0 Å². The topological polar surface area (TPSA) is 198 Å². The highest BCUT2D eigenvalue weighted by Crippen LogP contribution is 2.41. The van der Waals surface area contributed by atoms with Crippen molar-refractivity contribution in [3.8, 4) is 11.5 Å². The Morgan fingerprint density at radius 1 is 1.20 bits per heavy atom. The molecular weight excluding hydrogens is 551 g/mol. The van der Waals surface area contributed by atoms with Gasteiger partial charge in [-0.1, -0.05) is 18.2 Å². The number of rotatable bonds is 9. The molecule has 0 aliphatic carbocycles. The minimum atomic E-state index is -4.00. The average Bonchev–Trinajstić information content (AvgIpc) is 3.45. The summed E-state index contributed by atoms with van der Waals surface area (Å²) >= 11 is 0. The number of amides is 2. The molecule has 2 amide bonds. The number of tetrazole rings is 1. The van der Waals surface area contributed by atoms with Gasteiger partial charge < -0.3 is 19.7 Å². The molecule has 4 rings (SSSR count). The number of ether oxygens (including phenoxy) is 2. The van der Waals surface area contributed by atoms with Crippen molar-refractivity contribution in [2.45, 2.75) is 12.3 Å². The highest BCUT2D eigenvalue weighted by Gasteiger charge is 2.39. The number of nitrogens with zero attached hydrogens (tertiary/aromatic N) is 4. The Morgan fingerprint density at radius 2 is 1.98 bits per heavy atom. The fraction of sp³-hybridized carbons (Fsp3) is 0.304. The van der Waals surface area contributed by atoms with Gasteiger partial charge in [-0.3, -0.25) is 14.3 Å². The number of anilines is 1. The van der Waals surface area contributed by atoms with Crippen LogP contribution in [-0.4, -0.2) is 79.6 Å². The molecule has 1 aromatic heterocycles. The van der Waals surface area contributed by atoms with E-state index in [0.29, 0.717) is 5.56 Å². The van der Waals surface area contributed by atoms with E-state index in [1.54, 1.807) is 6.07 Å². The molecule has 0 fully saturated rings. The van der Waals surface area contributed by atoms with Crippen LogP contribution in [0.4, 0.5) is 14.9 Å². The molecule has 3 aromatic rings. The van der Waals surface area contributed by atoms with Crippen molar-refractivity contribution in [3.63, 3.8) is 0 Å². The largest absolute Gasteiger partial charge is 0.426 e. The zero-order valence-electron chi connectivity index (χ0n) is 21.5. The van der Waals surface area contributed by atoms with Gasteiger partial charge in [-0.2, -0.15) is 13.6 Å². The van der Waals surface area contributed by atoms with Crippen molar-refractivity contribution < 1.29 is 36.7 Å². The number of aromatic nitrogens is 4. The standard InChI is InChI=1S/C23H25FN8O7S/c1-25-40(36,37)29-17-6-4-5-12(19(17)24)9-15-16(11-26-21(33)20-27-30-31-28-20)14-8-7-13(38-23(35)32(2)3)10-18(14)39-22(15)34/h4-8,10,15-16,25,29H,9,11H2,1-3H3,(H,26,33)(H,27,28,30,31). The third-order valence-corrected chi connectivity index (χ3v) is 7.04. The first-order valence-electron chi connectivity index (χ1n) is 11.7. The molecule has 0 spiro atoms. The summed E-state index contributed by atoms with van der Waals surface area (Å²) in [5, 5.41) is 15.4. The van der Waals surface area contributed by atoms with Gasteiger partial charge in [0.15, 0.2) is 5.82 Å². The smallest absolute Gasteiger partial charge is 0.414 e. The van der Waals surface area contributed by atoms with Crippen molar-refractivity contribution in [1.29, 1.82) is 0 Å². The van der Waals surface area contributed by atoms with Crippen molar-refractivity contribution >= 4 is 33.9 Å². The van der Waals surface area contributed by atoms with Crippen LogP contribution in [0.3, 0.4) is 0 Å². The lowest BCUT2D eigenvalue weighted by Crippen LogP contribution is -2.40. The lowest BCUT2D eigenvalue weighted by molar-refractivity contribution is -0.141. The Balaban J connectivity index is 1.66. The number of hydrogen-bond acceptors (Lipinski definition) is 10. The van der Waals surface area contributed by atoms with Crippen molar-refractivity contribution in [2.24, 2.45) is 5.92 Å². The minimum absolute atomic E-state index is 0.0349. The van der Waals surface area contributed by atoms with Crippen LogP contribution in [0.5, 0.6) is 11.5 Å². The molecule has 17 heteroatoms. The molecule has 2 atom stereocenters.